The first-order chi connectivity index (χ1) is 28.6. The van der Waals surface area contributed by atoms with E-state index < -0.39 is 18.2 Å². The Morgan fingerprint density at radius 3 is 2.18 bits per heavy atom. The Balaban J connectivity index is 0.000000896. The molecule has 322 valence electrons. The van der Waals surface area contributed by atoms with Crippen LogP contribution < -0.4 is 20.6 Å². The maximum Gasteiger partial charge on any atom is 0.430 e. The summed E-state index contributed by atoms with van der Waals surface area (Å²) in [5.74, 6) is 5.24. The number of alkyl carbamates (subject to hydrolysis) is 1. The van der Waals surface area contributed by atoms with Crippen LogP contribution in [-0.4, -0.2) is 67.2 Å². The molecule has 0 bridgehead atoms. The Morgan fingerprint density at radius 2 is 1.52 bits per heavy atom. The number of ether oxygens (including phenoxy) is 1. The summed E-state index contributed by atoms with van der Waals surface area (Å²) in [7, 11) is 0. The van der Waals surface area contributed by atoms with Gasteiger partial charge in [-0.05, 0) is 81.9 Å². The van der Waals surface area contributed by atoms with Gasteiger partial charge in [0.15, 0.2) is 5.71 Å². The Kier molecular flexibility index (Phi) is 15.5. The molecular weight excluding hydrogens is 770 g/mol. The van der Waals surface area contributed by atoms with E-state index in [0.717, 1.165) is 58.0 Å². The van der Waals surface area contributed by atoms with Crippen LogP contribution in [0, 0.1) is 29.6 Å². The molecule has 3 atom stereocenters. The number of carboxylic acids is 1. The molecule has 6 rings (SSSR count). The molecule has 2 amide bonds. The molecule has 4 aliphatic rings. The lowest BCUT2D eigenvalue weighted by Crippen LogP contribution is -2.37. The number of nitrogens with zero attached hydrogens (tertiary/aromatic N) is 2. The van der Waals surface area contributed by atoms with E-state index in [1.54, 1.807) is 0 Å². The van der Waals surface area contributed by atoms with Gasteiger partial charge in [0.05, 0.1) is 12.0 Å². The molecule has 2 heterocycles. The number of nitrogens with one attached hydrogen (secondary N) is 2. The van der Waals surface area contributed by atoms with Crippen molar-refractivity contribution in [2.75, 3.05) is 37.7 Å². The summed E-state index contributed by atoms with van der Waals surface area (Å²) >= 11 is 0. The lowest BCUT2D eigenvalue weighted by atomic mass is 9.81. The van der Waals surface area contributed by atoms with Crippen molar-refractivity contribution in [2.45, 2.75) is 103 Å². The van der Waals surface area contributed by atoms with E-state index in [4.69, 9.17) is 14.6 Å². The fourth-order valence-corrected chi connectivity index (χ4v) is 8.91. The number of carboxylic acid groups (broad SMARTS) is 1. The normalized spacial score (nSPS) is 21.5. The van der Waals surface area contributed by atoms with Gasteiger partial charge in [0, 0.05) is 73.4 Å². The zero-order valence-corrected chi connectivity index (χ0v) is 35.5. The highest BCUT2D eigenvalue weighted by Gasteiger charge is 2.49. The minimum atomic E-state index is -5.19. The molecular formula is C48H59F3N4O5. The predicted octanol–water partition coefficient (Wildman–Crippen LogP) is 8.02. The van der Waals surface area contributed by atoms with E-state index in [2.05, 4.69) is 145 Å². The molecule has 2 aromatic carbocycles. The summed E-state index contributed by atoms with van der Waals surface area (Å²) in [6.07, 6.45) is 12.8. The number of alkyl halides is 3. The van der Waals surface area contributed by atoms with Crippen molar-refractivity contribution in [3.05, 3.63) is 95.7 Å². The molecule has 9 nitrogen and oxygen atoms in total. The molecule has 1 saturated carbocycles. The number of rotatable bonds is 15. The largest absolute Gasteiger partial charge is 0.542 e. The Labute approximate surface area is 352 Å². The highest BCUT2D eigenvalue weighted by atomic mass is 19.4. The van der Waals surface area contributed by atoms with Crippen molar-refractivity contribution in [2.24, 2.45) is 17.8 Å². The molecule has 0 aromatic heterocycles. The van der Waals surface area contributed by atoms with Crippen molar-refractivity contribution in [1.29, 1.82) is 0 Å². The lowest BCUT2D eigenvalue weighted by molar-refractivity contribution is -0.433. The number of hydrogen-bond acceptors (Lipinski definition) is 6. The lowest BCUT2D eigenvalue weighted by Gasteiger charge is -2.27. The van der Waals surface area contributed by atoms with Gasteiger partial charge in [-0.25, -0.2) is 4.79 Å². The molecule has 60 heavy (non-hydrogen) atoms. The molecule has 2 aromatic rings. The maximum atomic E-state index is 12.5. The van der Waals surface area contributed by atoms with Gasteiger partial charge >= 0.3 is 12.3 Å². The van der Waals surface area contributed by atoms with Crippen LogP contribution >= 0.6 is 0 Å². The second-order valence-corrected chi connectivity index (χ2v) is 16.8. The van der Waals surface area contributed by atoms with E-state index in [0.29, 0.717) is 43.9 Å². The monoisotopic (exact) mass is 828 g/mol. The highest BCUT2D eigenvalue weighted by molar-refractivity contribution is 6.03. The number of allylic oxidation sites excluding steroid dienone is 6. The summed E-state index contributed by atoms with van der Waals surface area (Å²) in [6.45, 7) is 14.5. The third-order valence-corrected chi connectivity index (χ3v) is 12.1. The first kappa shape index (κ1) is 45.8. The number of carbonyl (C=O) groups is 3. The van der Waals surface area contributed by atoms with Gasteiger partial charge < -0.3 is 30.2 Å². The zero-order chi connectivity index (χ0) is 43.5. The van der Waals surface area contributed by atoms with Crippen molar-refractivity contribution >= 4 is 35.1 Å². The number of anilines is 1. The number of carbonyl (C=O) groups excluding carboxylic acids is 3. The summed E-state index contributed by atoms with van der Waals surface area (Å²) in [6, 6.07) is 17.5. The number of fused-ring (bicyclic) bond motifs is 3. The first-order valence-electron chi connectivity index (χ1n) is 21.2. The molecule has 0 saturated heterocycles. The second-order valence-electron chi connectivity index (χ2n) is 16.8. The van der Waals surface area contributed by atoms with Crippen molar-refractivity contribution in [3.8, 4) is 11.8 Å². The summed E-state index contributed by atoms with van der Waals surface area (Å²) < 4.78 is 39.5. The number of unbranched alkanes of at least 4 members (excludes halogenated alkanes) is 2. The number of aliphatic carboxylic acids is 1. The minimum absolute atomic E-state index is 0.0214. The van der Waals surface area contributed by atoms with Crippen molar-refractivity contribution in [1.82, 2.24) is 10.6 Å². The average Bonchev–Trinajstić information content (AvgIpc) is 3.72. The van der Waals surface area contributed by atoms with Gasteiger partial charge in [-0.1, -0.05) is 74.9 Å². The van der Waals surface area contributed by atoms with E-state index >= 15 is 0 Å². The van der Waals surface area contributed by atoms with Crippen LogP contribution in [0.4, 0.5) is 29.3 Å². The van der Waals surface area contributed by atoms with Crippen LogP contribution in [0.1, 0.15) is 97.1 Å². The summed E-state index contributed by atoms with van der Waals surface area (Å²) in [4.78, 5) is 35.9. The third-order valence-electron chi connectivity index (χ3n) is 12.1. The fourth-order valence-electron chi connectivity index (χ4n) is 8.91. The molecule has 0 unspecified atom stereocenters. The Bertz CT molecular complexity index is 2040. The van der Waals surface area contributed by atoms with Crippen LogP contribution in [0.5, 0.6) is 0 Å². The van der Waals surface area contributed by atoms with Gasteiger partial charge in [0.2, 0.25) is 11.6 Å². The standard InChI is InChI=1S/C46H58N4O3.C2HF3O2/c1-6-49-39-25-18-16-23-37(39)45(2,3)41(49)27-13-9-14-28-42-46(4,5)38-24-17-19-26-40(38)50(42)32-20-10-15-29-43(51)47-30-31-48-44(52)53-33-36-34-21-11-7-8-12-22-35(34)36;3-2(4,5)1(6)7/h9,13-14,16-19,23-28,34-36H,6,10-12,15,20-22,29-33H2,1-5H3,(H-,47,48,51,52);(H,6,7)/t34-,35+,36+;. The molecule has 0 radical (unpaired) electrons. The maximum absolute atomic E-state index is 12.5. The molecule has 2 aliphatic carbocycles. The fraction of sp³-hybridized carbons (Fsp3) is 0.500. The number of benzene rings is 2. The van der Waals surface area contributed by atoms with Gasteiger partial charge in [-0.3, -0.25) is 4.79 Å². The summed E-state index contributed by atoms with van der Waals surface area (Å²) in [5, 5.41) is 14.5. The summed E-state index contributed by atoms with van der Waals surface area (Å²) in [5.41, 5.74) is 7.76. The van der Waals surface area contributed by atoms with Crippen LogP contribution in [0.15, 0.2) is 84.6 Å². The van der Waals surface area contributed by atoms with E-state index in [-0.39, 0.29) is 16.7 Å². The number of halogens is 3. The van der Waals surface area contributed by atoms with Gasteiger partial charge in [-0.15, -0.1) is 11.8 Å². The number of amides is 2. The quantitative estimate of drug-likeness (QED) is 0.0815. The van der Waals surface area contributed by atoms with Gasteiger partial charge in [-0.2, -0.15) is 17.7 Å². The second kappa shape index (κ2) is 20.3. The van der Waals surface area contributed by atoms with Crippen LogP contribution in [0.2, 0.25) is 0 Å². The molecule has 0 spiro atoms. The van der Waals surface area contributed by atoms with Gasteiger partial charge in [0.25, 0.3) is 0 Å². The topological polar surface area (TPSA) is 114 Å². The molecule has 12 heteroatoms. The zero-order valence-electron chi connectivity index (χ0n) is 35.5. The molecule has 2 aliphatic heterocycles. The van der Waals surface area contributed by atoms with Crippen molar-refractivity contribution < 1.29 is 42.0 Å². The Morgan fingerprint density at radius 1 is 0.883 bits per heavy atom. The predicted molar refractivity (Wildman–Crippen MR) is 227 cm³/mol. The minimum Gasteiger partial charge on any atom is -0.542 e. The third kappa shape index (κ3) is 11.3. The van der Waals surface area contributed by atoms with E-state index in [1.165, 1.54) is 33.9 Å². The van der Waals surface area contributed by atoms with Gasteiger partial charge in [0.1, 0.15) is 12.5 Å². The Hall–Kier alpha value is -5.31. The van der Waals surface area contributed by atoms with Crippen LogP contribution in [0.3, 0.4) is 0 Å². The van der Waals surface area contributed by atoms with Crippen LogP contribution in [-0.2, 0) is 25.2 Å². The van der Waals surface area contributed by atoms with E-state index in [1.807, 2.05) is 0 Å². The first-order valence-corrected chi connectivity index (χ1v) is 21.2. The number of para-hydroxylation sites is 2. The number of hydrogen-bond donors (Lipinski definition) is 2. The average molecular weight is 829 g/mol. The molecule has 2 N–H and O–H groups in total. The SMILES string of the molecule is CC[N+]1=C(/C=C/C=C/C=C2/N(CCCCCC(=O)NCCNC(=O)OC[C@H]3[C@@H]4CCC#CCC[C@@H]43)c3ccccc3C2(C)C)C(C)(C)c2ccccc21.O=C([O-])C(F)(F)F. The smallest absolute Gasteiger partial charge is 0.430 e. The van der Waals surface area contributed by atoms with E-state index in [9.17, 15) is 22.8 Å². The molecule has 1 fully saturated rings. The van der Waals surface area contributed by atoms with Crippen molar-refractivity contribution in [3.63, 3.8) is 0 Å². The highest BCUT2D eigenvalue weighted by Crippen LogP contribution is 2.52. The van der Waals surface area contributed by atoms with Crippen LogP contribution in [0.25, 0.3) is 0 Å².